The van der Waals surface area contributed by atoms with Crippen molar-refractivity contribution in [1.82, 2.24) is 0 Å². The van der Waals surface area contributed by atoms with E-state index in [4.69, 9.17) is 0 Å². The Morgan fingerprint density at radius 2 is 2.50 bits per heavy atom. The molecule has 0 rings (SSSR count). The van der Waals surface area contributed by atoms with Crippen LogP contribution in [0.25, 0.3) is 0 Å². The minimum absolute atomic E-state index is 0.0351. The normalized spacial score (nSPS) is 7.67. The van der Waals surface area contributed by atoms with E-state index < -0.39 is 0 Å². The van der Waals surface area contributed by atoms with Gasteiger partial charge < -0.3 is 4.74 Å². The van der Waals surface area contributed by atoms with E-state index in [9.17, 15) is 4.79 Å². The molecule has 0 aliphatic heterocycles. The number of carbonyl (C=O) groups is 1. The molecule has 2 radical (unpaired) electrons. The van der Waals surface area contributed by atoms with Gasteiger partial charge in [-0.1, -0.05) is 0 Å². The van der Waals surface area contributed by atoms with Crippen molar-refractivity contribution < 1.29 is 9.53 Å². The van der Waals surface area contributed by atoms with Gasteiger partial charge in [-0.25, -0.2) is 0 Å². The van der Waals surface area contributed by atoms with Crippen LogP contribution >= 0.6 is 12.1 Å². The molecule has 0 aromatic heterocycles. The summed E-state index contributed by atoms with van der Waals surface area (Å²) in [6.45, 7) is 0. The predicted molar refractivity (Wildman–Crippen MR) is 27.1 cm³/mol. The zero-order chi connectivity index (χ0) is 4.99. The second kappa shape index (κ2) is 3.24. The average Bonchev–Trinajstić information content (AvgIpc) is 1.65. The van der Waals surface area contributed by atoms with Crippen LogP contribution in [-0.4, -0.2) is 21.4 Å². The number of methoxy groups -OCH3 is 1. The molecule has 34 valence electrons. The molecule has 0 bridgehead atoms. The molecule has 0 aromatic carbocycles. The summed E-state index contributed by atoms with van der Waals surface area (Å²) >= 11 is 3.65. The van der Waals surface area contributed by atoms with Crippen LogP contribution in [0.5, 0.6) is 0 Å². The molecule has 0 heterocycles. The van der Waals surface area contributed by atoms with E-state index in [1.54, 1.807) is 0 Å². The van der Waals surface area contributed by atoms with Gasteiger partial charge in [-0.05, 0) is 0 Å². The maximum Gasteiger partial charge on any atom is 0.280 e. The predicted octanol–water partition coefficient (Wildman–Crippen LogP) is 0.302. The highest BCUT2D eigenvalue weighted by Crippen LogP contribution is 1.74. The third-order valence-corrected chi connectivity index (χ3v) is 1.21. The monoisotopic (exact) mass is 120 g/mol. The molecule has 0 aromatic rings. The molecular formula is C2H4O2SSi. The van der Waals surface area contributed by atoms with Crippen LogP contribution < -0.4 is 0 Å². The van der Waals surface area contributed by atoms with Gasteiger partial charge in [0.2, 0.25) is 0 Å². The van der Waals surface area contributed by atoms with Gasteiger partial charge in [-0.3, -0.25) is 4.79 Å². The van der Waals surface area contributed by atoms with Crippen molar-refractivity contribution in [3.63, 3.8) is 0 Å². The smallest absolute Gasteiger partial charge is 0.280 e. The lowest BCUT2D eigenvalue weighted by Crippen LogP contribution is -2.00. The van der Waals surface area contributed by atoms with E-state index in [0.717, 1.165) is 0 Å². The molecule has 0 aliphatic carbocycles. The molecule has 4 heteroatoms. The molecule has 0 spiro atoms. The highest BCUT2D eigenvalue weighted by Gasteiger charge is 1.91. The van der Waals surface area contributed by atoms with E-state index in [1.165, 1.54) is 7.11 Å². The number of thiol groups is 1. The van der Waals surface area contributed by atoms with Crippen LogP contribution in [-0.2, 0) is 4.74 Å². The Bertz CT molecular complexity index is 49.5. The van der Waals surface area contributed by atoms with Crippen molar-refractivity contribution in [3.05, 3.63) is 0 Å². The van der Waals surface area contributed by atoms with Gasteiger partial charge in [0.05, 0.1) is 7.11 Å². The van der Waals surface area contributed by atoms with Crippen LogP contribution in [0.1, 0.15) is 0 Å². The molecule has 2 nitrogen and oxygen atoms in total. The van der Waals surface area contributed by atoms with Crippen molar-refractivity contribution in [2.24, 2.45) is 0 Å². The van der Waals surface area contributed by atoms with Gasteiger partial charge in [-0.15, -0.1) is 0 Å². The Hall–Kier alpha value is 0.0369. The molecule has 6 heavy (non-hydrogen) atoms. The Labute approximate surface area is 43.8 Å². The average molecular weight is 120 g/mol. The van der Waals surface area contributed by atoms with E-state index in [0.29, 0.717) is 0 Å². The fraction of sp³-hybridized carbons (Fsp3) is 0.500. The molecule has 0 saturated heterocycles. The highest BCUT2D eigenvalue weighted by atomic mass is 32.3. The number of carbonyl (C=O) groups excluding carboxylic acids is 1. The van der Waals surface area contributed by atoms with Crippen molar-refractivity contribution in [2.75, 3.05) is 7.11 Å². The van der Waals surface area contributed by atoms with Crippen molar-refractivity contribution in [1.29, 1.82) is 0 Å². The van der Waals surface area contributed by atoms with E-state index >= 15 is 0 Å². The largest absolute Gasteiger partial charge is 0.473 e. The lowest BCUT2D eigenvalue weighted by Gasteiger charge is -1.85. The second-order valence-electron chi connectivity index (χ2n) is 0.603. The fourth-order valence-electron chi connectivity index (χ4n) is 0.0456. The lowest BCUT2D eigenvalue weighted by molar-refractivity contribution is 0.198. The van der Waals surface area contributed by atoms with Crippen molar-refractivity contribution in [3.8, 4) is 0 Å². The summed E-state index contributed by atoms with van der Waals surface area (Å²) < 4.78 is 4.20. The summed E-state index contributed by atoms with van der Waals surface area (Å²) in [6, 6.07) is 0. The molecule has 0 fully saturated rings. The molecule has 0 saturated carbocycles. The first-order chi connectivity index (χ1) is 2.81. The minimum atomic E-state index is -0.265. The van der Waals surface area contributed by atoms with Crippen molar-refractivity contribution >= 4 is 26.3 Å². The Morgan fingerprint density at radius 1 is 2.00 bits per heavy atom. The zero-order valence-electron chi connectivity index (χ0n) is 3.26. The molecule has 0 amide bonds. The summed E-state index contributed by atoms with van der Waals surface area (Å²) in [7, 11) is 1.30. The minimum Gasteiger partial charge on any atom is -0.473 e. The maximum atomic E-state index is 9.89. The summed E-state index contributed by atoms with van der Waals surface area (Å²) in [5.74, 6) is 0. The van der Waals surface area contributed by atoms with Crippen LogP contribution in [0.15, 0.2) is 0 Å². The Morgan fingerprint density at radius 3 is 2.50 bits per heavy atom. The lowest BCUT2D eigenvalue weighted by atomic mass is 11.5. The van der Waals surface area contributed by atoms with Crippen LogP contribution in [0.4, 0.5) is 4.79 Å². The fourth-order valence-corrected chi connectivity index (χ4v) is 0.411. The Balaban J connectivity index is 2.99. The number of ether oxygens (including phenoxy) is 1. The van der Waals surface area contributed by atoms with Crippen LogP contribution in [0.2, 0.25) is 0 Å². The standard InChI is InChI=1S/C2H4O2SSi/c1-4-2(3)6-5/h5H,1H3. The topological polar surface area (TPSA) is 26.3 Å². The summed E-state index contributed by atoms with van der Waals surface area (Å²) in [5.41, 5.74) is -0.265. The van der Waals surface area contributed by atoms with Gasteiger partial charge in [0.1, 0.15) is 0 Å². The molecule has 0 unspecified atom stereocenters. The second-order valence-corrected chi connectivity index (χ2v) is 1.91. The van der Waals surface area contributed by atoms with Gasteiger partial charge >= 0.3 is 0 Å². The first kappa shape index (κ1) is 6.04. The van der Waals surface area contributed by atoms with Gasteiger partial charge in [-0.2, -0.15) is 12.1 Å². The number of hydrogen-bond acceptors (Lipinski definition) is 3. The molecule has 0 aliphatic rings. The Kier molecular flexibility index (Phi) is 3.26. The first-order valence-corrected chi connectivity index (χ1v) is 3.58. The highest BCUT2D eigenvalue weighted by molar-refractivity contribution is 8.09. The number of rotatable bonds is 1. The van der Waals surface area contributed by atoms with Crippen molar-refractivity contribution in [2.45, 2.75) is 0 Å². The zero-order valence-corrected chi connectivity index (χ0v) is 5.16. The molecule has 0 atom stereocenters. The molecular weight excluding hydrogens is 116 g/mol. The van der Waals surface area contributed by atoms with E-state index in [1.807, 2.05) is 0 Å². The van der Waals surface area contributed by atoms with E-state index in [2.05, 4.69) is 16.8 Å². The third kappa shape index (κ3) is 2.28. The quantitative estimate of drug-likeness (QED) is 0.398. The first-order valence-electron chi connectivity index (χ1n) is 1.29. The van der Waals surface area contributed by atoms with Crippen LogP contribution in [0, 0.1) is 0 Å². The third-order valence-electron chi connectivity index (χ3n) is 0.277. The SMILES string of the molecule is COC(=O)[Si]S. The summed E-state index contributed by atoms with van der Waals surface area (Å²) in [4.78, 5) is 9.89. The van der Waals surface area contributed by atoms with Gasteiger partial charge in [0.15, 0.2) is 0 Å². The molecule has 0 N–H and O–H groups in total. The summed E-state index contributed by atoms with van der Waals surface area (Å²) in [5, 5.41) is 0. The number of hydrogen-bond donors (Lipinski definition) is 1. The van der Waals surface area contributed by atoms with Gasteiger partial charge in [0.25, 0.3) is 14.3 Å². The van der Waals surface area contributed by atoms with Crippen LogP contribution in [0.3, 0.4) is 0 Å². The maximum absolute atomic E-state index is 9.89. The van der Waals surface area contributed by atoms with Gasteiger partial charge in [0, 0.05) is 0 Å². The van der Waals surface area contributed by atoms with E-state index in [-0.39, 0.29) is 14.3 Å². The summed E-state index contributed by atoms with van der Waals surface area (Å²) in [6.07, 6.45) is 0.